The molecule has 1 unspecified atom stereocenters. The molecule has 0 aromatic carbocycles. The maximum atomic E-state index is 6.09. The standard InChI is InChI=1S/C21H39N3O4.HI/c1-2-22-21(23-10-4-14-26-19-8-15-25-16-9-19)24-11-6-18(7-12-24)28-17-20-5-3-13-27-20;/h18-20H,2-17H2,1H3,(H,22,23);1H. The molecule has 0 radical (unpaired) electrons. The van der Waals surface area contributed by atoms with Gasteiger partial charge in [0.25, 0.3) is 0 Å². The van der Waals surface area contributed by atoms with Gasteiger partial charge in [0, 0.05) is 52.6 Å². The van der Waals surface area contributed by atoms with Gasteiger partial charge in [-0.3, -0.25) is 4.99 Å². The fourth-order valence-electron chi connectivity index (χ4n) is 4.02. The highest BCUT2D eigenvalue weighted by Gasteiger charge is 2.24. The SMILES string of the molecule is CCNC(=NCCCOC1CCOCC1)N1CCC(OCC2CCCO2)CC1.I. The highest BCUT2D eigenvalue weighted by molar-refractivity contribution is 14.0. The predicted molar refractivity (Wildman–Crippen MR) is 125 cm³/mol. The van der Waals surface area contributed by atoms with Crippen LogP contribution in [0.15, 0.2) is 4.99 Å². The van der Waals surface area contributed by atoms with Crippen LogP contribution < -0.4 is 5.32 Å². The summed E-state index contributed by atoms with van der Waals surface area (Å²) < 4.78 is 23.1. The predicted octanol–water partition coefficient (Wildman–Crippen LogP) is 2.82. The maximum Gasteiger partial charge on any atom is 0.193 e. The quantitative estimate of drug-likeness (QED) is 0.216. The van der Waals surface area contributed by atoms with Crippen LogP contribution in [-0.4, -0.2) is 88.4 Å². The first-order valence-electron chi connectivity index (χ1n) is 11.3. The van der Waals surface area contributed by atoms with Crippen molar-refractivity contribution in [3.8, 4) is 0 Å². The number of halogens is 1. The summed E-state index contributed by atoms with van der Waals surface area (Å²) in [6.45, 7) is 9.94. The van der Waals surface area contributed by atoms with Crippen LogP contribution in [0.5, 0.6) is 0 Å². The molecule has 29 heavy (non-hydrogen) atoms. The fraction of sp³-hybridized carbons (Fsp3) is 0.952. The Morgan fingerprint density at radius 2 is 1.79 bits per heavy atom. The molecule has 7 nitrogen and oxygen atoms in total. The van der Waals surface area contributed by atoms with Gasteiger partial charge in [0.05, 0.1) is 24.9 Å². The average molecular weight is 525 g/mol. The monoisotopic (exact) mass is 525 g/mol. The molecule has 3 aliphatic heterocycles. The van der Waals surface area contributed by atoms with Gasteiger partial charge in [-0.2, -0.15) is 0 Å². The molecule has 0 aromatic heterocycles. The summed E-state index contributed by atoms with van der Waals surface area (Å²) in [5, 5.41) is 3.44. The molecule has 1 N–H and O–H groups in total. The van der Waals surface area contributed by atoms with E-state index in [0.29, 0.717) is 18.3 Å². The molecule has 0 aromatic rings. The second kappa shape index (κ2) is 14.8. The molecule has 3 heterocycles. The van der Waals surface area contributed by atoms with Crippen molar-refractivity contribution in [2.24, 2.45) is 4.99 Å². The van der Waals surface area contributed by atoms with Crippen LogP contribution in [0.4, 0.5) is 0 Å². The lowest BCUT2D eigenvalue weighted by Crippen LogP contribution is -2.47. The largest absolute Gasteiger partial charge is 0.381 e. The van der Waals surface area contributed by atoms with Gasteiger partial charge in [0.2, 0.25) is 0 Å². The molecule has 170 valence electrons. The van der Waals surface area contributed by atoms with Crippen molar-refractivity contribution >= 4 is 29.9 Å². The lowest BCUT2D eigenvalue weighted by Gasteiger charge is -2.34. The minimum absolute atomic E-state index is 0. The first kappa shape index (κ1) is 25.1. The number of piperidine rings is 1. The third kappa shape index (κ3) is 9.25. The van der Waals surface area contributed by atoms with Crippen LogP contribution in [0.3, 0.4) is 0 Å². The number of hydrogen-bond donors (Lipinski definition) is 1. The average Bonchev–Trinajstić information content (AvgIpc) is 3.26. The molecule has 3 saturated heterocycles. The normalized spacial score (nSPS) is 24.5. The summed E-state index contributed by atoms with van der Waals surface area (Å²) in [5.41, 5.74) is 0. The number of nitrogens with one attached hydrogen (secondary N) is 1. The summed E-state index contributed by atoms with van der Waals surface area (Å²) in [6, 6.07) is 0. The van der Waals surface area contributed by atoms with Crippen molar-refractivity contribution in [3.63, 3.8) is 0 Å². The van der Waals surface area contributed by atoms with E-state index in [1.54, 1.807) is 0 Å². The molecule has 0 saturated carbocycles. The van der Waals surface area contributed by atoms with Crippen molar-refractivity contribution in [1.29, 1.82) is 0 Å². The smallest absolute Gasteiger partial charge is 0.193 e. The fourth-order valence-corrected chi connectivity index (χ4v) is 4.02. The van der Waals surface area contributed by atoms with Gasteiger partial charge >= 0.3 is 0 Å². The van der Waals surface area contributed by atoms with E-state index in [9.17, 15) is 0 Å². The van der Waals surface area contributed by atoms with Gasteiger partial charge in [-0.1, -0.05) is 0 Å². The van der Waals surface area contributed by atoms with Crippen LogP contribution in [0.25, 0.3) is 0 Å². The first-order chi connectivity index (χ1) is 13.8. The van der Waals surface area contributed by atoms with Crippen LogP contribution >= 0.6 is 24.0 Å². The highest BCUT2D eigenvalue weighted by Crippen LogP contribution is 2.18. The van der Waals surface area contributed by atoms with E-state index in [0.717, 1.165) is 104 Å². The third-order valence-corrected chi connectivity index (χ3v) is 5.70. The Balaban J connectivity index is 0.00000300. The van der Waals surface area contributed by atoms with E-state index in [4.69, 9.17) is 23.9 Å². The molecule has 0 aliphatic carbocycles. The molecule has 0 amide bonds. The second-order valence-electron chi connectivity index (χ2n) is 7.93. The molecule has 3 rings (SSSR count). The molecule has 0 spiro atoms. The highest BCUT2D eigenvalue weighted by atomic mass is 127. The zero-order chi connectivity index (χ0) is 19.4. The van der Waals surface area contributed by atoms with Gasteiger partial charge in [-0.15, -0.1) is 24.0 Å². The lowest BCUT2D eigenvalue weighted by atomic mass is 10.1. The molecule has 8 heteroatoms. The van der Waals surface area contributed by atoms with Crippen molar-refractivity contribution < 1.29 is 18.9 Å². The number of likely N-dealkylation sites (tertiary alicyclic amines) is 1. The Morgan fingerprint density at radius 3 is 2.48 bits per heavy atom. The zero-order valence-electron chi connectivity index (χ0n) is 18.0. The van der Waals surface area contributed by atoms with Crippen molar-refractivity contribution in [2.75, 3.05) is 59.2 Å². The summed E-state index contributed by atoms with van der Waals surface area (Å²) in [4.78, 5) is 7.19. The number of ether oxygens (including phenoxy) is 4. The van der Waals surface area contributed by atoms with Gasteiger partial charge in [-0.25, -0.2) is 0 Å². The van der Waals surface area contributed by atoms with E-state index < -0.39 is 0 Å². The third-order valence-electron chi connectivity index (χ3n) is 5.70. The van der Waals surface area contributed by atoms with E-state index in [2.05, 4.69) is 17.1 Å². The van der Waals surface area contributed by atoms with Crippen LogP contribution in [0, 0.1) is 0 Å². The number of hydrogen-bond acceptors (Lipinski definition) is 5. The van der Waals surface area contributed by atoms with E-state index >= 15 is 0 Å². The lowest BCUT2D eigenvalue weighted by molar-refractivity contribution is -0.0367. The number of rotatable bonds is 9. The Morgan fingerprint density at radius 1 is 1.03 bits per heavy atom. The van der Waals surface area contributed by atoms with E-state index in [-0.39, 0.29) is 24.0 Å². The van der Waals surface area contributed by atoms with Gasteiger partial charge in [0.1, 0.15) is 0 Å². The summed E-state index contributed by atoms with van der Waals surface area (Å²) in [6.07, 6.45) is 8.51. The van der Waals surface area contributed by atoms with Crippen LogP contribution in [0.1, 0.15) is 51.9 Å². The van der Waals surface area contributed by atoms with Gasteiger partial charge in [0.15, 0.2) is 5.96 Å². The maximum absolute atomic E-state index is 6.09. The number of nitrogens with zero attached hydrogens (tertiary/aromatic N) is 2. The molecule has 3 aliphatic rings. The summed E-state index contributed by atoms with van der Waals surface area (Å²) >= 11 is 0. The molecule has 1 atom stereocenters. The van der Waals surface area contributed by atoms with E-state index in [1.807, 2.05) is 0 Å². The number of guanidine groups is 1. The summed E-state index contributed by atoms with van der Waals surface area (Å²) in [7, 11) is 0. The topological polar surface area (TPSA) is 64.6 Å². The van der Waals surface area contributed by atoms with Crippen LogP contribution in [0.2, 0.25) is 0 Å². The van der Waals surface area contributed by atoms with Crippen LogP contribution in [-0.2, 0) is 18.9 Å². The van der Waals surface area contributed by atoms with Crippen molar-refractivity contribution in [2.45, 2.75) is 70.2 Å². The van der Waals surface area contributed by atoms with Gasteiger partial charge < -0.3 is 29.2 Å². The minimum atomic E-state index is 0. The Labute approximate surface area is 193 Å². The number of aliphatic imine (C=N–C) groups is 1. The molecular formula is C21H40IN3O4. The van der Waals surface area contributed by atoms with E-state index in [1.165, 1.54) is 6.42 Å². The Kier molecular flexibility index (Phi) is 12.8. The molecule has 0 bridgehead atoms. The molecule has 3 fully saturated rings. The summed E-state index contributed by atoms with van der Waals surface area (Å²) in [5.74, 6) is 1.03. The van der Waals surface area contributed by atoms with Gasteiger partial charge in [-0.05, 0) is 51.9 Å². The minimum Gasteiger partial charge on any atom is -0.381 e. The molecular weight excluding hydrogens is 485 g/mol. The zero-order valence-corrected chi connectivity index (χ0v) is 20.3. The first-order valence-corrected chi connectivity index (χ1v) is 11.3. The Hall–Kier alpha value is -0.160. The Bertz CT molecular complexity index is 449. The van der Waals surface area contributed by atoms with Crippen molar-refractivity contribution in [1.82, 2.24) is 10.2 Å². The van der Waals surface area contributed by atoms with Crippen molar-refractivity contribution in [3.05, 3.63) is 0 Å². The second-order valence-corrected chi connectivity index (χ2v) is 7.93.